The van der Waals surface area contributed by atoms with Crippen LogP contribution in [0.15, 0.2) is 6.20 Å². The molecule has 0 aliphatic rings. The third-order valence-electron chi connectivity index (χ3n) is 3.17. The second-order valence-electron chi connectivity index (χ2n) is 6.22. The lowest BCUT2D eigenvalue weighted by molar-refractivity contribution is -0.153. The van der Waals surface area contributed by atoms with Crippen LogP contribution in [0.1, 0.15) is 49.9 Å². The monoisotopic (exact) mass is 322 g/mol. The average Bonchev–Trinajstić information content (AvgIpc) is 2.75. The van der Waals surface area contributed by atoms with Crippen molar-refractivity contribution in [3.63, 3.8) is 0 Å². The topological polar surface area (TPSA) is 61.3 Å². The van der Waals surface area contributed by atoms with Crippen molar-refractivity contribution in [2.24, 2.45) is 0 Å². The number of aryl methyl sites for hydroxylation is 1. The van der Waals surface area contributed by atoms with Crippen LogP contribution in [-0.4, -0.2) is 28.6 Å². The van der Waals surface area contributed by atoms with Crippen LogP contribution in [0, 0.1) is 6.92 Å². The van der Waals surface area contributed by atoms with Crippen LogP contribution in [0.5, 0.6) is 0 Å². The van der Waals surface area contributed by atoms with E-state index in [1.807, 2.05) is 34.6 Å². The lowest BCUT2D eigenvalue weighted by Crippen LogP contribution is -2.25. The van der Waals surface area contributed by atoms with E-state index in [4.69, 9.17) is 9.47 Å². The molecule has 0 amide bonds. The lowest BCUT2D eigenvalue weighted by Gasteiger charge is -2.20. The molecule has 1 atom stereocenters. The predicted molar refractivity (Wildman–Crippen MR) is 87.1 cm³/mol. The van der Waals surface area contributed by atoms with E-state index in [9.17, 15) is 4.79 Å². The van der Waals surface area contributed by atoms with Gasteiger partial charge in [0, 0.05) is 18.9 Å². The Bertz CT molecular complexity index is 688. The van der Waals surface area contributed by atoms with E-state index in [0.29, 0.717) is 0 Å². The van der Waals surface area contributed by atoms with Gasteiger partial charge in [-0.2, -0.15) is 0 Å². The summed E-state index contributed by atoms with van der Waals surface area (Å²) >= 11 is 1.54. The van der Waals surface area contributed by atoms with E-state index in [1.54, 1.807) is 13.3 Å². The molecule has 2 aromatic heterocycles. The number of ether oxygens (including phenoxy) is 2. The van der Waals surface area contributed by atoms with E-state index in [1.165, 1.54) is 11.3 Å². The summed E-state index contributed by atoms with van der Waals surface area (Å²) in [6.07, 6.45) is 1.73. The minimum Gasteiger partial charge on any atom is -0.460 e. The molecule has 0 spiro atoms. The van der Waals surface area contributed by atoms with Crippen LogP contribution < -0.4 is 0 Å². The van der Waals surface area contributed by atoms with E-state index >= 15 is 0 Å². The number of carbonyl (C=O) groups excluding carboxylic acids is 1. The molecule has 2 rings (SSSR count). The molecular formula is C16H22N2O3S. The molecule has 0 N–H and O–H groups in total. The van der Waals surface area contributed by atoms with Crippen molar-refractivity contribution in [2.45, 2.75) is 52.7 Å². The Morgan fingerprint density at radius 2 is 2.09 bits per heavy atom. The van der Waals surface area contributed by atoms with Crippen molar-refractivity contribution in [1.29, 1.82) is 0 Å². The molecule has 0 aromatic carbocycles. The number of carbonyl (C=O) groups is 1. The van der Waals surface area contributed by atoms with Crippen LogP contribution in [0.25, 0.3) is 10.3 Å². The van der Waals surface area contributed by atoms with Gasteiger partial charge in [-0.1, -0.05) is 11.3 Å². The summed E-state index contributed by atoms with van der Waals surface area (Å²) in [6, 6.07) is 0. The molecule has 0 bridgehead atoms. The number of rotatable bonds is 4. The van der Waals surface area contributed by atoms with Gasteiger partial charge in [0.25, 0.3) is 0 Å². The second-order valence-corrected chi connectivity index (χ2v) is 7.41. The number of hydrogen-bond donors (Lipinski definition) is 0. The van der Waals surface area contributed by atoms with Gasteiger partial charge in [-0.3, -0.25) is 4.79 Å². The zero-order chi connectivity index (χ0) is 16.5. The molecule has 0 radical (unpaired) electrons. The molecule has 6 heteroatoms. The largest absolute Gasteiger partial charge is 0.460 e. The highest BCUT2D eigenvalue weighted by atomic mass is 32.1. The van der Waals surface area contributed by atoms with Gasteiger partial charge in [0.1, 0.15) is 15.9 Å². The van der Waals surface area contributed by atoms with E-state index in [0.717, 1.165) is 26.5 Å². The van der Waals surface area contributed by atoms with E-state index in [2.05, 4.69) is 9.97 Å². The SMILES string of the molecule is COC(C)c1c(CC(=O)OC(C)(C)C)cnc2sc(C)nc12. The van der Waals surface area contributed by atoms with Gasteiger partial charge in [-0.15, -0.1) is 0 Å². The summed E-state index contributed by atoms with van der Waals surface area (Å²) in [5.74, 6) is -0.273. The van der Waals surface area contributed by atoms with E-state index < -0.39 is 5.60 Å². The number of aromatic nitrogens is 2. The lowest BCUT2D eigenvalue weighted by atomic mass is 10.0. The summed E-state index contributed by atoms with van der Waals surface area (Å²) in [5, 5.41) is 0.946. The van der Waals surface area contributed by atoms with Crippen LogP contribution >= 0.6 is 11.3 Å². The van der Waals surface area contributed by atoms with Crippen LogP contribution in [-0.2, 0) is 20.7 Å². The Kier molecular flexibility index (Phi) is 4.82. The second kappa shape index (κ2) is 6.30. The molecule has 2 aromatic rings. The maximum Gasteiger partial charge on any atom is 0.310 e. The van der Waals surface area contributed by atoms with Crippen LogP contribution in [0.3, 0.4) is 0 Å². The summed E-state index contributed by atoms with van der Waals surface area (Å²) in [6.45, 7) is 9.46. The van der Waals surface area contributed by atoms with Gasteiger partial charge < -0.3 is 9.47 Å². The molecule has 1 unspecified atom stereocenters. The normalized spacial score (nSPS) is 13.4. The highest BCUT2D eigenvalue weighted by Gasteiger charge is 2.22. The van der Waals surface area contributed by atoms with Crippen molar-refractivity contribution in [3.8, 4) is 0 Å². The quantitative estimate of drug-likeness (QED) is 0.805. The van der Waals surface area contributed by atoms with Gasteiger partial charge in [-0.05, 0) is 40.2 Å². The fraction of sp³-hybridized carbons (Fsp3) is 0.562. The number of thiazole rings is 1. The Labute approximate surface area is 134 Å². The maximum atomic E-state index is 12.1. The number of nitrogens with zero attached hydrogens (tertiary/aromatic N) is 2. The molecule has 5 nitrogen and oxygen atoms in total. The zero-order valence-corrected chi connectivity index (χ0v) is 14.7. The highest BCUT2D eigenvalue weighted by Crippen LogP contribution is 2.31. The van der Waals surface area contributed by atoms with Crippen molar-refractivity contribution in [3.05, 3.63) is 22.3 Å². The summed E-state index contributed by atoms with van der Waals surface area (Å²) in [5.41, 5.74) is 2.04. The Morgan fingerprint density at radius 1 is 1.41 bits per heavy atom. The number of methoxy groups -OCH3 is 1. The fourth-order valence-electron chi connectivity index (χ4n) is 2.28. The van der Waals surface area contributed by atoms with E-state index in [-0.39, 0.29) is 18.5 Å². The zero-order valence-electron chi connectivity index (χ0n) is 13.9. The third-order valence-corrected chi connectivity index (χ3v) is 4.05. The van der Waals surface area contributed by atoms with Gasteiger partial charge in [0.15, 0.2) is 0 Å². The van der Waals surface area contributed by atoms with Gasteiger partial charge in [0.05, 0.1) is 17.5 Å². The smallest absolute Gasteiger partial charge is 0.310 e. The molecule has 2 heterocycles. The first-order valence-electron chi connectivity index (χ1n) is 7.21. The molecular weight excluding hydrogens is 300 g/mol. The molecule has 0 fully saturated rings. The van der Waals surface area contributed by atoms with Crippen molar-refractivity contribution in [1.82, 2.24) is 9.97 Å². The predicted octanol–water partition coefficient (Wildman–Crippen LogP) is 3.59. The molecule has 0 saturated heterocycles. The summed E-state index contributed by atoms with van der Waals surface area (Å²) < 4.78 is 10.9. The Hall–Kier alpha value is -1.53. The number of hydrogen-bond acceptors (Lipinski definition) is 6. The van der Waals surface area contributed by atoms with Crippen molar-refractivity contribution < 1.29 is 14.3 Å². The standard InChI is InChI=1S/C16H22N2O3S/c1-9(20-6)13-11(7-12(19)21-16(3,4)5)8-17-15-14(13)18-10(2)22-15/h8-9H,7H2,1-6H3. The molecule has 0 aliphatic carbocycles. The minimum absolute atomic E-state index is 0.163. The maximum absolute atomic E-state index is 12.1. The Morgan fingerprint density at radius 3 is 2.68 bits per heavy atom. The Balaban J connectivity index is 2.42. The molecule has 0 saturated carbocycles. The average molecular weight is 322 g/mol. The minimum atomic E-state index is -0.501. The molecule has 22 heavy (non-hydrogen) atoms. The number of fused-ring (bicyclic) bond motifs is 1. The van der Waals surface area contributed by atoms with Crippen LogP contribution in [0.2, 0.25) is 0 Å². The first-order valence-corrected chi connectivity index (χ1v) is 8.02. The molecule has 0 aliphatic heterocycles. The van der Waals surface area contributed by atoms with Gasteiger partial charge in [0.2, 0.25) is 0 Å². The third kappa shape index (κ3) is 3.81. The van der Waals surface area contributed by atoms with Gasteiger partial charge >= 0.3 is 5.97 Å². The number of esters is 1. The van der Waals surface area contributed by atoms with Gasteiger partial charge in [-0.25, -0.2) is 9.97 Å². The number of pyridine rings is 1. The first-order chi connectivity index (χ1) is 10.2. The first kappa shape index (κ1) is 16.8. The van der Waals surface area contributed by atoms with Crippen LogP contribution in [0.4, 0.5) is 0 Å². The fourth-order valence-corrected chi connectivity index (χ4v) is 3.06. The van der Waals surface area contributed by atoms with Crippen molar-refractivity contribution in [2.75, 3.05) is 7.11 Å². The summed E-state index contributed by atoms with van der Waals surface area (Å²) in [4.78, 5) is 22.0. The van der Waals surface area contributed by atoms with Crippen molar-refractivity contribution >= 4 is 27.7 Å². The summed E-state index contributed by atoms with van der Waals surface area (Å²) in [7, 11) is 1.65. The highest BCUT2D eigenvalue weighted by molar-refractivity contribution is 7.18. The molecule has 120 valence electrons.